The van der Waals surface area contributed by atoms with E-state index in [-0.39, 0.29) is 0 Å². The normalized spacial score (nSPS) is 23.8. The van der Waals surface area contributed by atoms with Gasteiger partial charge in [-0.25, -0.2) is 0 Å². The molecule has 0 radical (unpaired) electrons. The highest BCUT2D eigenvalue weighted by atomic mass is 15.1. The fraction of sp³-hybridized carbons (Fsp3) is 0.571. The average molecular weight is 218 g/mol. The molecule has 1 fully saturated rings. The first-order chi connectivity index (χ1) is 7.56. The zero-order valence-electron chi connectivity index (χ0n) is 10.7. The minimum Gasteiger partial charge on any atom is -0.382 e. The lowest BCUT2D eigenvalue weighted by atomic mass is 9.82. The Morgan fingerprint density at radius 2 is 1.94 bits per heavy atom. The molecule has 1 aliphatic rings. The summed E-state index contributed by atoms with van der Waals surface area (Å²) in [4.78, 5) is 2.17. The van der Waals surface area contributed by atoms with Gasteiger partial charge in [0.05, 0.1) is 0 Å². The monoisotopic (exact) mass is 218 g/mol. The third-order valence-corrected chi connectivity index (χ3v) is 3.44. The van der Waals surface area contributed by atoms with E-state index in [9.17, 15) is 0 Å². The quantitative estimate of drug-likeness (QED) is 0.837. The lowest BCUT2D eigenvalue weighted by molar-refractivity contribution is 0.309. The van der Waals surface area contributed by atoms with E-state index in [1.165, 1.54) is 29.8 Å². The highest BCUT2D eigenvalue weighted by molar-refractivity contribution is 5.62. The molecule has 0 heterocycles. The van der Waals surface area contributed by atoms with E-state index in [1.807, 2.05) is 0 Å². The van der Waals surface area contributed by atoms with Gasteiger partial charge >= 0.3 is 0 Å². The van der Waals surface area contributed by atoms with Gasteiger partial charge in [0.1, 0.15) is 0 Å². The van der Waals surface area contributed by atoms with E-state index in [0.717, 1.165) is 5.92 Å². The van der Waals surface area contributed by atoms with E-state index < -0.39 is 0 Å². The summed E-state index contributed by atoms with van der Waals surface area (Å²) in [5, 5.41) is 3.60. The molecule has 0 unspecified atom stereocenters. The molecule has 1 aromatic carbocycles. The zero-order valence-corrected chi connectivity index (χ0v) is 10.7. The number of anilines is 2. The van der Waals surface area contributed by atoms with Crippen molar-refractivity contribution in [2.24, 2.45) is 5.92 Å². The lowest BCUT2D eigenvalue weighted by Crippen LogP contribution is -2.33. The smallest absolute Gasteiger partial charge is 0.0411 e. The molecule has 0 aromatic heterocycles. The van der Waals surface area contributed by atoms with Crippen LogP contribution in [0, 0.1) is 12.8 Å². The van der Waals surface area contributed by atoms with Crippen LogP contribution in [-0.2, 0) is 0 Å². The van der Waals surface area contributed by atoms with Crippen LogP contribution in [0.4, 0.5) is 11.4 Å². The van der Waals surface area contributed by atoms with Gasteiger partial charge in [-0.15, -0.1) is 0 Å². The van der Waals surface area contributed by atoms with Crippen molar-refractivity contribution in [3.8, 4) is 0 Å². The largest absolute Gasteiger partial charge is 0.382 e. The average Bonchev–Trinajstić information content (AvgIpc) is 2.18. The lowest BCUT2D eigenvalue weighted by Gasteiger charge is -2.34. The van der Waals surface area contributed by atoms with Crippen molar-refractivity contribution in [3.63, 3.8) is 0 Å². The molecular weight excluding hydrogens is 196 g/mol. The number of nitrogens with zero attached hydrogens (tertiary/aromatic N) is 1. The molecule has 0 saturated heterocycles. The molecule has 0 spiro atoms. The Morgan fingerprint density at radius 1 is 1.25 bits per heavy atom. The second kappa shape index (κ2) is 4.36. The van der Waals surface area contributed by atoms with Crippen molar-refractivity contribution in [2.45, 2.75) is 32.7 Å². The maximum absolute atomic E-state index is 3.60. The minimum atomic E-state index is 0.688. The Labute approximate surface area is 98.7 Å². The molecule has 2 nitrogen and oxygen atoms in total. The summed E-state index contributed by atoms with van der Waals surface area (Å²) in [7, 11) is 4.19. The molecule has 16 heavy (non-hydrogen) atoms. The second-order valence-electron chi connectivity index (χ2n) is 5.31. The standard InChI is InChI=1S/C14H22N2/c1-10-7-13(8-10)15-12-6-5-11(2)14(9-12)16(3)4/h5-6,9-10,13,15H,7-8H2,1-4H3. The van der Waals surface area contributed by atoms with Crippen LogP contribution in [0.1, 0.15) is 25.3 Å². The Balaban J connectivity index is 2.07. The summed E-state index contributed by atoms with van der Waals surface area (Å²) in [6, 6.07) is 7.32. The summed E-state index contributed by atoms with van der Waals surface area (Å²) >= 11 is 0. The van der Waals surface area contributed by atoms with E-state index in [4.69, 9.17) is 0 Å². The van der Waals surface area contributed by atoms with Crippen LogP contribution in [0.3, 0.4) is 0 Å². The number of aryl methyl sites for hydroxylation is 1. The van der Waals surface area contributed by atoms with Gasteiger partial charge in [0, 0.05) is 31.5 Å². The van der Waals surface area contributed by atoms with Gasteiger partial charge in [0.15, 0.2) is 0 Å². The van der Waals surface area contributed by atoms with Gasteiger partial charge in [-0.2, -0.15) is 0 Å². The maximum atomic E-state index is 3.60. The molecule has 0 bridgehead atoms. The van der Waals surface area contributed by atoms with Gasteiger partial charge in [0.25, 0.3) is 0 Å². The van der Waals surface area contributed by atoms with Crippen molar-refractivity contribution >= 4 is 11.4 Å². The van der Waals surface area contributed by atoms with Crippen molar-refractivity contribution in [3.05, 3.63) is 23.8 Å². The highest BCUT2D eigenvalue weighted by Gasteiger charge is 2.24. The summed E-state index contributed by atoms with van der Waals surface area (Å²) in [6.07, 6.45) is 2.62. The molecule has 2 rings (SSSR count). The van der Waals surface area contributed by atoms with Crippen LogP contribution >= 0.6 is 0 Å². The van der Waals surface area contributed by atoms with Gasteiger partial charge in [-0.05, 0) is 43.4 Å². The number of nitrogens with one attached hydrogen (secondary N) is 1. The minimum absolute atomic E-state index is 0.688. The predicted molar refractivity (Wildman–Crippen MR) is 71.3 cm³/mol. The first-order valence-corrected chi connectivity index (χ1v) is 6.11. The number of hydrogen-bond donors (Lipinski definition) is 1. The van der Waals surface area contributed by atoms with Gasteiger partial charge in [-0.3, -0.25) is 0 Å². The Hall–Kier alpha value is -1.18. The van der Waals surface area contributed by atoms with Crippen LogP contribution in [-0.4, -0.2) is 20.1 Å². The highest BCUT2D eigenvalue weighted by Crippen LogP contribution is 2.31. The molecule has 0 aliphatic heterocycles. The molecule has 2 heteroatoms. The molecule has 1 aromatic rings. The predicted octanol–water partition coefficient (Wildman–Crippen LogP) is 3.27. The van der Waals surface area contributed by atoms with Crippen LogP contribution in [0.2, 0.25) is 0 Å². The summed E-state index contributed by atoms with van der Waals surface area (Å²) in [5.41, 5.74) is 3.89. The fourth-order valence-corrected chi connectivity index (χ4v) is 2.44. The van der Waals surface area contributed by atoms with E-state index in [0.29, 0.717) is 6.04 Å². The molecular formula is C14H22N2. The van der Waals surface area contributed by atoms with Crippen LogP contribution < -0.4 is 10.2 Å². The molecule has 1 N–H and O–H groups in total. The summed E-state index contributed by atoms with van der Waals surface area (Å²) in [6.45, 7) is 4.48. The SMILES string of the molecule is Cc1ccc(NC2CC(C)C2)cc1N(C)C. The Kier molecular flexibility index (Phi) is 3.08. The number of rotatable bonds is 3. The van der Waals surface area contributed by atoms with Gasteiger partial charge in [-0.1, -0.05) is 13.0 Å². The fourth-order valence-electron chi connectivity index (χ4n) is 2.44. The Bertz CT molecular complexity index is 365. The van der Waals surface area contributed by atoms with Crippen molar-refractivity contribution in [2.75, 3.05) is 24.3 Å². The van der Waals surface area contributed by atoms with Gasteiger partial charge < -0.3 is 10.2 Å². The van der Waals surface area contributed by atoms with Crippen LogP contribution in [0.15, 0.2) is 18.2 Å². The van der Waals surface area contributed by atoms with Crippen LogP contribution in [0.25, 0.3) is 0 Å². The third-order valence-electron chi connectivity index (χ3n) is 3.44. The molecule has 0 atom stereocenters. The topological polar surface area (TPSA) is 15.3 Å². The van der Waals surface area contributed by atoms with E-state index >= 15 is 0 Å². The van der Waals surface area contributed by atoms with Gasteiger partial charge in [0.2, 0.25) is 0 Å². The second-order valence-corrected chi connectivity index (χ2v) is 5.31. The Morgan fingerprint density at radius 3 is 2.50 bits per heavy atom. The summed E-state index contributed by atoms with van der Waals surface area (Å²) in [5.74, 6) is 0.899. The molecule has 0 amide bonds. The van der Waals surface area contributed by atoms with Crippen molar-refractivity contribution in [1.29, 1.82) is 0 Å². The molecule has 88 valence electrons. The zero-order chi connectivity index (χ0) is 11.7. The number of benzene rings is 1. The van der Waals surface area contributed by atoms with E-state index in [1.54, 1.807) is 0 Å². The van der Waals surface area contributed by atoms with E-state index in [2.05, 4.69) is 56.4 Å². The number of hydrogen-bond acceptors (Lipinski definition) is 2. The maximum Gasteiger partial charge on any atom is 0.0411 e. The summed E-state index contributed by atoms with van der Waals surface area (Å²) < 4.78 is 0. The third kappa shape index (κ3) is 2.31. The molecule has 1 saturated carbocycles. The van der Waals surface area contributed by atoms with Crippen LogP contribution in [0.5, 0.6) is 0 Å². The van der Waals surface area contributed by atoms with Crippen molar-refractivity contribution < 1.29 is 0 Å². The first-order valence-electron chi connectivity index (χ1n) is 6.11. The first kappa shape index (κ1) is 11.3. The van der Waals surface area contributed by atoms with Crippen molar-refractivity contribution in [1.82, 2.24) is 0 Å². The molecule has 1 aliphatic carbocycles.